The number of nitrogens with one attached hydrogen (secondary N) is 2. The molecule has 0 aliphatic carbocycles. The van der Waals surface area contributed by atoms with E-state index in [9.17, 15) is 0 Å². The first kappa shape index (κ1) is 12.5. The first-order chi connectivity index (χ1) is 9.25. The van der Waals surface area contributed by atoms with Gasteiger partial charge in [-0.3, -0.25) is 0 Å². The highest BCUT2D eigenvalue weighted by Gasteiger charge is 2.16. The van der Waals surface area contributed by atoms with Gasteiger partial charge in [-0.25, -0.2) is 0 Å². The molecule has 0 amide bonds. The van der Waals surface area contributed by atoms with E-state index in [-0.39, 0.29) is 0 Å². The summed E-state index contributed by atoms with van der Waals surface area (Å²) in [7, 11) is 4.12. The molecule has 2 N–H and O–H groups in total. The summed E-state index contributed by atoms with van der Waals surface area (Å²) >= 11 is 0. The number of H-pyrrole nitrogens is 1. The van der Waals surface area contributed by atoms with E-state index >= 15 is 0 Å². The van der Waals surface area contributed by atoms with E-state index in [1.54, 1.807) is 0 Å². The number of hydrogen-bond acceptors (Lipinski definition) is 3. The van der Waals surface area contributed by atoms with Gasteiger partial charge in [-0.1, -0.05) is 12.1 Å². The van der Waals surface area contributed by atoms with Crippen molar-refractivity contribution in [2.24, 2.45) is 0 Å². The lowest BCUT2D eigenvalue weighted by Gasteiger charge is -2.12. The molecule has 1 aliphatic rings. The monoisotopic (exact) mass is 259 g/mol. The van der Waals surface area contributed by atoms with Crippen LogP contribution >= 0.6 is 0 Å². The van der Waals surface area contributed by atoms with Gasteiger partial charge in [-0.15, -0.1) is 0 Å². The molecular weight excluding hydrogens is 238 g/mol. The molecule has 1 aromatic carbocycles. The Balaban J connectivity index is 1.90. The molecule has 0 spiro atoms. The molecule has 1 aliphatic heterocycles. The quantitative estimate of drug-likeness (QED) is 0.879. The molecule has 0 radical (unpaired) electrons. The predicted molar refractivity (Wildman–Crippen MR) is 77.8 cm³/mol. The van der Waals surface area contributed by atoms with E-state index in [2.05, 4.69) is 41.4 Å². The van der Waals surface area contributed by atoms with Crippen LogP contribution in [0.4, 0.5) is 0 Å². The Morgan fingerprint density at radius 2 is 2.21 bits per heavy atom. The Bertz CT molecular complexity index is 574. The molecule has 19 heavy (non-hydrogen) atoms. The number of nitrogens with zero attached hydrogens (tertiary/aromatic N) is 1. The Labute approximate surface area is 113 Å². The predicted octanol–water partition coefficient (Wildman–Crippen LogP) is 1.75. The minimum Gasteiger partial charge on any atom is -0.490 e. The smallest absolute Gasteiger partial charge is 0.143 e. The molecule has 4 nitrogen and oxygen atoms in total. The van der Waals surface area contributed by atoms with Gasteiger partial charge in [0.15, 0.2) is 0 Å². The van der Waals surface area contributed by atoms with Crippen molar-refractivity contribution < 1.29 is 4.74 Å². The second-order valence-electron chi connectivity index (χ2n) is 5.34. The zero-order valence-corrected chi connectivity index (χ0v) is 11.6. The van der Waals surface area contributed by atoms with Gasteiger partial charge in [0.25, 0.3) is 0 Å². The first-order valence-corrected chi connectivity index (χ1v) is 6.86. The van der Waals surface area contributed by atoms with Gasteiger partial charge in [0.2, 0.25) is 0 Å². The molecule has 0 fully saturated rings. The number of fused-ring (bicyclic) bond motifs is 3. The van der Waals surface area contributed by atoms with Crippen molar-refractivity contribution in [2.45, 2.75) is 13.0 Å². The maximum Gasteiger partial charge on any atom is 0.143 e. The van der Waals surface area contributed by atoms with Crippen molar-refractivity contribution >= 4 is 10.9 Å². The van der Waals surface area contributed by atoms with Crippen molar-refractivity contribution in [3.8, 4) is 5.75 Å². The number of benzene rings is 1. The lowest BCUT2D eigenvalue weighted by Crippen LogP contribution is -2.22. The van der Waals surface area contributed by atoms with Crippen LogP contribution in [0.3, 0.4) is 0 Å². The third-order valence-electron chi connectivity index (χ3n) is 3.64. The summed E-state index contributed by atoms with van der Waals surface area (Å²) in [6.45, 7) is 3.65. The van der Waals surface area contributed by atoms with Gasteiger partial charge >= 0.3 is 0 Å². The standard InChI is InChI=1S/C15H21N3O/c1-18(2)8-9-19-14-5-3-4-11-12-10-16-7-6-13(12)17-15(11)14/h3-5,16-17H,6-10H2,1-2H3. The van der Waals surface area contributed by atoms with Crippen LogP contribution in [-0.2, 0) is 13.0 Å². The van der Waals surface area contributed by atoms with Crippen LogP contribution in [0.1, 0.15) is 11.3 Å². The highest BCUT2D eigenvalue weighted by molar-refractivity contribution is 5.89. The second kappa shape index (κ2) is 5.23. The zero-order valence-electron chi connectivity index (χ0n) is 11.6. The summed E-state index contributed by atoms with van der Waals surface area (Å²) in [6.07, 6.45) is 1.07. The molecule has 2 aromatic rings. The molecule has 0 unspecified atom stereocenters. The molecule has 1 aromatic heterocycles. The van der Waals surface area contributed by atoms with E-state index in [1.165, 1.54) is 16.6 Å². The van der Waals surface area contributed by atoms with E-state index in [4.69, 9.17) is 4.74 Å². The van der Waals surface area contributed by atoms with E-state index in [0.29, 0.717) is 6.61 Å². The Morgan fingerprint density at radius 3 is 3.05 bits per heavy atom. The molecule has 102 valence electrons. The molecule has 0 saturated heterocycles. The number of likely N-dealkylation sites (N-methyl/N-ethyl adjacent to an activating group) is 1. The van der Waals surface area contributed by atoms with Crippen LogP contribution < -0.4 is 10.1 Å². The average Bonchev–Trinajstić information content (AvgIpc) is 2.78. The minimum atomic E-state index is 0.716. The topological polar surface area (TPSA) is 40.3 Å². The number of aromatic nitrogens is 1. The third kappa shape index (κ3) is 2.46. The number of para-hydroxylation sites is 1. The summed E-state index contributed by atoms with van der Waals surface area (Å²) in [5.74, 6) is 0.966. The third-order valence-corrected chi connectivity index (χ3v) is 3.64. The number of aromatic amines is 1. The summed E-state index contributed by atoms with van der Waals surface area (Å²) in [4.78, 5) is 5.67. The van der Waals surface area contributed by atoms with Crippen molar-refractivity contribution in [3.63, 3.8) is 0 Å². The molecule has 4 heteroatoms. The maximum atomic E-state index is 5.91. The van der Waals surface area contributed by atoms with Crippen molar-refractivity contribution in [2.75, 3.05) is 33.8 Å². The van der Waals surface area contributed by atoms with Gasteiger partial charge < -0.3 is 19.9 Å². The van der Waals surface area contributed by atoms with Crippen LogP contribution in [0, 0.1) is 0 Å². The Morgan fingerprint density at radius 1 is 1.32 bits per heavy atom. The molecule has 2 heterocycles. The van der Waals surface area contributed by atoms with Gasteiger partial charge in [0.1, 0.15) is 12.4 Å². The highest BCUT2D eigenvalue weighted by Crippen LogP contribution is 2.31. The fourth-order valence-corrected chi connectivity index (χ4v) is 2.60. The van der Waals surface area contributed by atoms with Crippen LogP contribution in [-0.4, -0.2) is 43.7 Å². The van der Waals surface area contributed by atoms with Gasteiger partial charge in [0, 0.05) is 37.1 Å². The van der Waals surface area contributed by atoms with Gasteiger partial charge in [-0.2, -0.15) is 0 Å². The molecular formula is C15H21N3O. The largest absolute Gasteiger partial charge is 0.490 e. The van der Waals surface area contributed by atoms with E-state index < -0.39 is 0 Å². The number of hydrogen-bond donors (Lipinski definition) is 2. The second-order valence-corrected chi connectivity index (χ2v) is 5.34. The zero-order chi connectivity index (χ0) is 13.2. The van der Waals surface area contributed by atoms with Crippen LogP contribution in [0.25, 0.3) is 10.9 Å². The maximum absolute atomic E-state index is 5.91. The van der Waals surface area contributed by atoms with Gasteiger partial charge in [-0.05, 0) is 25.7 Å². The lowest BCUT2D eigenvalue weighted by atomic mass is 10.1. The normalized spacial score (nSPS) is 14.9. The summed E-state index contributed by atoms with van der Waals surface area (Å²) < 4.78 is 5.91. The molecule has 0 bridgehead atoms. The minimum absolute atomic E-state index is 0.716. The van der Waals surface area contributed by atoms with Crippen molar-refractivity contribution in [1.82, 2.24) is 15.2 Å². The van der Waals surface area contributed by atoms with Crippen LogP contribution in [0.15, 0.2) is 18.2 Å². The van der Waals surface area contributed by atoms with E-state index in [1.807, 2.05) is 6.07 Å². The Hall–Kier alpha value is -1.52. The first-order valence-electron chi connectivity index (χ1n) is 6.86. The fraction of sp³-hybridized carbons (Fsp3) is 0.467. The van der Waals surface area contributed by atoms with Crippen LogP contribution in [0.2, 0.25) is 0 Å². The van der Waals surface area contributed by atoms with E-state index in [0.717, 1.165) is 37.3 Å². The lowest BCUT2D eigenvalue weighted by molar-refractivity contribution is 0.263. The van der Waals surface area contributed by atoms with Crippen LogP contribution in [0.5, 0.6) is 5.75 Å². The molecule has 3 rings (SSSR count). The Kier molecular flexibility index (Phi) is 3.44. The summed E-state index contributed by atoms with van der Waals surface area (Å²) in [6, 6.07) is 6.31. The fourth-order valence-electron chi connectivity index (χ4n) is 2.60. The SMILES string of the molecule is CN(C)CCOc1cccc2c3c([nH]c12)CCNC3. The van der Waals surface area contributed by atoms with Crippen molar-refractivity contribution in [3.05, 3.63) is 29.5 Å². The van der Waals surface area contributed by atoms with Gasteiger partial charge in [0.05, 0.1) is 5.52 Å². The average molecular weight is 259 g/mol. The highest BCUT2D eigenvalue weighted by atomic mass is 16.5. The number of rotatable bonds is 4. The molecule has 0 atom stereocenters. The summed E-state index contributed by atoms with van der Waals surface area (Å²) in [5, 5.41) is 4.73. The van der Waals surface area contributed by atoms with Crippen molar-refractivity contribution in [1.29, 1.82) is 0 Å². The summed E-state index contributed by atoms with van der Waals surface area (Å²) in [5.41, 5.74) is 3.91. The molecule has 0 saturated carbocycles. The number of ether oxygens (including phenoxy) is 1.